The van der Waals surface area contributed by atoms with Crippen LogP contribution >= 0.6 is 0 Å². The van der Waals surface area contributed by atoms with Crippen molar-refractivity contribution in [3.8, 4) is 5.69 Å². The van der Waals surface area contributed by atoms with E-state index in [4.69, 9.17) is 0 Å². The highest BCUT2D eigenvalue weighted by Gasteiger charge is 2.40. The standard InChI is InChI=1S/C18H22N4O3/c1-13-6-8-14(9-7-13)22-12-15(20-21-22)16(23)19-18(17(24)25)10-4-2-3-5-11-18/h6-9,12H,2-5,10-11H2,1H3,(H,19,23)(H,24,25). The summed E-state index contributed by atoms with van der Waals surface area (Å²) in [6.07, 6.45) is 5.99. The lowest BCUT2D eigenvalue weighted by Gasteiger charge is -2.28. The topological polar surface area (TPSA) is 97.1 Å². The number of rotatable bonds is 4. The van der Waals surface area contributed by atoms with Gasteiger partial charge in [0.2, 0.25) is 0 Å². The van der Waals surface area contributed by atoms with Gasteiger partial charge in [-0.3, -0.25) is 4.79 Å². The Balaban J connectivity index is 1.78. The molecule has 1 heterocycles. The van der Waals surface area contributed by atoms with Crippen molar-refractivity contribution in [2.75, 3.05) is 0 Å². The molecule has 0 unspecified atom stereocenters. The van der Waals surface area contributed by atoms with E-state index in [9.17, 15) is 14.7 Å². The van der Waals surface area contributed by atoms with Crippen molar-refractivity contribution >= 4 is 11.9 Å². The molecule has 2 aromatic rings. The number of amides is 1. The molecule has 1 aliphatic carbocycles. The largest absolute Gasteiger partial charge is 0.480 e. The summed E-state index contributed by atoms with van der Waals surface area (Å²) in [5.41, 5.74) is 0.824. The Bertz CT molecular complexity index is 759. The fourth-order valence-electron chi connectivity index (χ4n) is 3.20. The Morgan fingerprint density at radius 1 is 1.12 bits per heavy atom. The van der Waals surface area contributed by atoms with E-state index in [1.54, 1.807) is 0 Å². The van der Waals surface area contributed by atoms with Crippen LogP contribution in [0, 0.1) is 6.92 Å². The molecule has 1 fully saturated rings. The number of benzene rings is 1. The van der Waals surface area contributed by atoms with Gasteiger partial charge in [-0.05, 0) is 31.9 Å². The van der Waals surface area contributed by atoms with Crippen LogP contribution in [0.4, 0.5) is 0 Å². The van der Waals surface area contributed by atoms with Crippen molar-refractivity contribution in [2.45, 2.75) is 51.0 Å². The van der Waals surface area contributed by atoms with Gasteiger partial charge in [0.25, 0.3) is 5.91 Å². The average Bonchev–Trinajstić information content (AvgIpc) is 2.96. The van der Waals surface area contributed by atoms with Crippen molar-refractivity contribution in [3.63, 3.8) is 0 Å². The predicted molar refractivity (Wildman–Crippen MR) is 91.6 cm³/mol. The number of carbonyl (C=O) groups is 2. The number of nitrogens with zero attached hydrogens (tertiary/aromatic N) is 3. The maximum absolute atomic E-state index is 12.5. The number of aryl methyl sites for hydroxylation is 1. The van der Waals surface area contributed by atoms with Crippen LogP contribution < -0.4 is 5.32 Å². The average molecular weight is 342 g/mol. The second kappa shape index (κ2) is 7.04. The number of carboxylic acids is 1. The quantitative estimate of drug-likeness (QED) is 0.832. The first-order chi connectivity index (χ1) is 12.0. The first-order valence-corrected chi connectivity index (χ1v) is 8.55. The number of carboxylic acid groups (broad SMARTS) is 1. The molecule has 3 rings (SSSR count). The third-order valence-corrected chi connectivity index (χ3v) is 4.74. The lowest BCUT2D eigenvalue weighted by Crippen LogP contribution is -2.54. The molecule has 7 heteroatoms. The monoisotopic (exact) mass is 342 g/mol. The fraction of sp³-hybridized carbons (Fsp3) is 0.444. The fourth-order valence-corrected chi connectivity index (χ4v) is 3.20. The number of hydrogen-bond donors (Lipinski definition) is 2. The molecule has 1 aliphatic rings. The molecule has 25 heavy (non-hydrogen) atoms. The summed E-state index contributed by atoms with van der Waals surface area (Å²) < 4.78 is 1.51. The highest BCUT2D eigenvalue weighted by atomic mass is 16.4. The van der Waals surface area contributed by atoms with Crippen LogP contribution in [-0.2, 0) is 4.79 Å². The first kappa shape index (κ1) is 17.1. The van der Waals surface area contributed by atoms with Gasteiger partial charge in [0.05, 0.1) is 11.9 Å². The van der Waals surface area contributed by atoms with Gasteiger partial charge in [-0.25, -0.2) is 9.48 Å². The number of carbonyl (C=O) groups excluding carboxylic acids is 1. The molecular formula is C18H22N4O3. The molecule has 1 aromatic heterocycles. The number of nitrogens with one attached hydrogen (secondary N) is 1. The molecule has 0 atom stereocenters. The minimum Gasteiger partial charge on any atom is -0.480 e. The highest BCUT2D eigenvalue weighted by Crippen LogP contribution is 2.27. The molecule has 0 spiro atoms. The summed E-state index contributed by atoms with van der Waals surface area (Å²) in [5, 5.41) is 20.2. The summed E-state index contributed by atoms with van der Waals surface area (Å²) in [6, 6.07) is 7.66. The van der Waals surface area contributed by atoms with Crippen molar-refractivity contribution in [1.29, 1.82) is 0 Å². The van der Waals surface area contributed by atoms with Gasteiger partial charge < -0.3 is 10.4 Å². The number of aromatic nitrogens is 3. The molecule has 1 amide bonds. The summed E-state index contributed by atoms with van der Waals surface area (Å²) in [6.45, 7) is 1.99. The van der Waals surface area contributed by atoms with Gasteiger partial charge >= 0.3 is 5.97 Å². The van der Waals surface area contributed by atoms with Crippen LogP contribution in [0.15, 0.2) is 30.5 Å². The van der Waals surface area contributed by atoms with E-state index >= 15 is 0 Å². The Labute approximate surface area is 146 Å². The van der Waals surface area contributed by atoms with Crippen molar-refractivity contribution in [2.24, 2.45) is 0 Å². The minimum atomic E-state index is -1.21. The molecule has 0 radical (unpaired) electrons. The van der Waals surface area contributed by atoms with E-state index in [0.29, 0.717) is 12.8 Å². The maximum atomic E-state index is 12.5. The zero-order valence-electron chi connectivity index (χ0n) is 14.2. The van der Waals surface area contributed by atoms with Gasteiger partial charge in [-0.1, -0.05) is 48.6 Å². The normalized spacial score (nSPS) is 16.8. The molecular weight excluding hydrogens is 320 g/mol. The highest BCUT2D eigenvalue weighted by molar-refractivity contribution is 5.96. The van der Waals surface area contributed by atoms with E-state index in [2.05, 4.69) is 15.6 Å². The molecule has 132 valence electrons. The summed E-state index contributed by atoms with van der Waals surface area (Å²) in [7, 11) is 0. The molecule has 1 aromatic carbocycles. The third-order valence-electron chi connectivity index (χ3n) is 4.74. The second-order valence-electron chi connectivity index (χ2n) is 6.64. The lowest BCUT2D eigenvalue weighted by molar-refractivity contribution is -0.145. The van der Waals surface area contributed by atoms with Gasteiger partial charge in [-0.15, -0.1) is 5.10 Å². The smallest absolute Gasteiger partial charge is 0.329 e. The summed E-state index contributed by atoms with van der Waals surface area (Å²) >= 11 is 0. The Morgan fingerprint density at radius 3 is 2.36 bits per heavy atom. The zero-order chi connectivity index (χ0) is 17.9. The SMILES string of the molecule is Cc1ccc(-n2cc(C(=O)NC3(C(=O)O)CCCCCC3)nn2)cc1. The minimum absolute atomic E-state index is 0.116. The van der Waals surface area contributed by atoms with Gasteiger partial charge in [-0.2, -0.15) is 0 Å². The van der Waals surface area contributed by atoms with Crippen LogP contribution in [0.25, 0.3) is 5.69 Å². The molecule has 2 N–H and O–H groups in total. The first-order valence-electron chi connectivity index (χ1n) is 8.55. The van der Waals surface area contributed by atoms with Crippen molar-refractivity contribution in [3.05, 3.63) is 41.7 Å². The number of aliphatic carboxylic acids is 1. The maximum Gasteiger partial charge on any atom is 0.329 e. The lowest BCUT2D eigenvalue weighted by atomic mass is 9.90. The Morgan fingerprint density at radius 2 is 1.76 bits per heavy atom. The molecule has 0 bridgehead atoms. The molecule has 0 saturated heterocycles. The van der Waals surface area contributed by atoms with E-state index in [-0.39, 0.29) is 5.69 Å². The Kier molecular flexibility index (Phi) is 4.83. The van der Waals surface area contributed by atoms with E-state index in [1.807, 2.05) is 31.2 Å². The van der Waals surface area contributed by atoms with Crippen LogP contribution in [0.3, 0.4) is 0 Å². The third kappa shape index (κ3) is 3.70. The Hall–Kier alpha value is -2.70. The zero-order valence-corrected chi connectivity index (χ0v) is 14.2. The van der Waals surface area contributed by atoms with Crippen molar-refractivity contribution < 1.29 is 14.7 Å². The molecule has 1 saturated carbocycles. The molecule has 0 aliphatic heterocycles. The number of hydrogen-bond acceptors (Lipinski definition) is 4. The van der Waals surface area contributed by atoms with Crippen molar-refractivity contribution in [1.82, 2.24) is 20.3 Å². The van der Waals surface area contributed by atoms with Crippen LogP contribution in [0.1, 0.15) is 54.6 Å². The van der Waals surface area contributed by atoms with Crippen LogP contribution in [0.5, 0.6) is 0 Å². The van der Waals surface area contributed by atoms with E-state index in [1.165, 1.54) is 10.9 Å². The van der Waals surface area contributed by atoms with Gasteiger partial charge in [0.1, 0.15) is 5.54 Å². The second-order valence-corrected chi connectivity index (χ2v) is 6.64. The molecule has 7 nitrogen and oxygen atoms in total. The predicted octanol–water partition coefficient (Wildman–Crippen LogP) is 2.48. The van der Waals surface area contributed by atoms with Crippen LogP contribution in [0.2, 0.25) is 0 Å². The summed E-state index contributed by atoms with van der Waals surface area (Å²) in [4.78, 5) is 24.3. The van der Waals surface area contributed by atoms with Gasteiger partial charge in [0, 0.05) is 0 Å². The van der Waals surface area contributed by atoms with Crippen LogP contribution in [-0.4, -0.2) is 37.5 Å². The van der Waals surface area contributed by atoms with E-state index < -0.39 is 17.4 Å². The van der Waals surface area contributed by atoms with E-state index in [0.717, 1.165) is 36.9 Å². The summed E-state index contributed by atoms with van der Waals surface area (Å²) in [5.74, 6) is -1.48. The van der Waals surface area contributed by atoms with Gasteiger partial charge in [0.15, 0.2) is 5.69 Å².